The molecule has 4 rings (SSSR count). The fourth-order valence-corrected chi connectivity index (χ4v) is 5.76. The van der Waals surface area contributed by atoms with Crippen molar-refractivity contribution in [2.45, 2.75) is 10.9 Å². The number of benzene rings is 3. The van der Waals surface area contributed by atoms with Crippen LogP contribution in [0, 0.1) is 0 Å². The van der Waals surface area contributed by atoms with Crippen LogP contribution in [0.5, 0.6) is 23.0 Å². The lowest BCUT2D eigenvalue weighted by Crippen LogP contribution is -2.28. The van der Waals surface area contributed by atoms with Gasteiger partial charge in [0.05, 0.1) is 45.1 Å². The number of hydrogen-bond donors (Lipinski definition) is 0. The van der Waals surface area contributed by atoms with Gasteiger partial charge >= 0.3 is 0 Å². The molecular formula is C23H23NO6S. The smallest absolute Gasteiger partial charge is 0.265 e. The first-order valence-electron chi connectivity index (χ1n) is 9.53. The van der Waals surface area contributed by atoms with E-state index >= 15 is 0 Å². The van der Waals surface area contributed by atoms with Crippen molar-refractivity contribution in [1.29, 1.82) is 0 Å². The maximum Gasteiger partial charge on any atom is 0.265 e. The average molecular weight is 442 g/mol. The summed E-state index contributed by atoms with van der Waals surface area (Å²) in [7, 11) is 2.36. The largest absolute Gasteiger partial charge is 0.497 e. The number of hydrogen-bond acceptors (Lipinski definition) is 6. The van der Waals surface area contributed by atoms with E-state index in [2.05, 4.69) is 0 Å². The van der Waals surface area contributed by atoms with E-state index in [-0.39, 0.29) is 4.90 Å². The van der Waals surface area contributed by atoms with Gasteiger partial charge in [0, 0.05) is 5.56 Å². The molecule has 1 atom stereocenters. The first-order chi connectivity index (χ1) is 15.0. The molecule has 7 nitrogen and oxygen atoms in total. The second kappa shape index (κ2) is 8.03. The van der Waals surface area contributed by atoms with Crippen molar-refractivity contribution in [3.8, 4) is 23.0 Å². The molecular weight excluding hydrogens is 418 g/mol. The molecule has 1 heterocycles. The Bertz CT molecular complexity index is 1180. The number of nitrogens with zero attached hydrogens (tertiary/aromatic N) is 1. The van der Waals surface area contributed by atoms with Gasteiger partial charge in [0.2, 0.25) is 5.75 Å². The Hall–Kier alpha value is -3.39. The number of methoxy groups -OCH3 is 4. The minimum atomic E-state index is -3.79. The lowest BCUT2D eigenvalue weighted by Gasteiger charge is -2.27. The maximum atomic E-state index is 13.6. The van der Waals surface area contributed by atoms with E-state index in [0.29, 0.717) is 39.8 Å². The fraction of sp³-hybridized carbons (Fsp3) is 0.217. The van der Waals surface area contributed by atoms with E-state index in [1.54, 1.807) is 55.6 Å². The van der Waals surface area contributed by atoms with Crippen LogP contribution in [0.1, 0.15) is 17.2 Å². The molecule has 0 amide bonds. The Morgan fingerprint density at radius 3 is 1.94 bits per heavy atom. The Balaban J connectivity index is 1.97. The van der Waals surface area contributed by atoms with Crippen molar-refractivity contribution in [3.05, 3.63) is 71.8 Å². The fourth-order valence-electron chi connectivity index (χ4n) is 3.90. The molecule has 0 saturated heterocycles. The first kappa shape index (κ1) is 20.9. The van der Waals surface area contributed by atoms with E-state index in [1.165, 1.54) is 25.6 Å². The Morgan fingerprint density at radius 2 is 1.39 bits per heavy atom. The molecule has 1 aliphatic rings. The second-order valence-electron chi connectivity index (χ2n) is 6.90. The lowest BCUT2D eigenvalue weighted by molar-refractivity contribution is 0.323. The van der Waals surface area contributed by atoms with Gasteiger partial charge in [-0.3, -0.25) is 4.31 Å². The predicted molar refractivity (Wildman–Crippen MR) is 117 cm³/mol. The van der Waals surface area contributed by atoms with E-state index < -0.39 is 16.1 Å². The Kier molecular flexibility index (Phi) is 5.41. The molecule has 1 aliphatic heterocycles. The molecule has 0 aromatic heterocycles. The number of rotatable bonds is 6. The number of sulfonamides is 1. The highest BCUT2D eigenvalue weighted by Gasteiger charge is 2.44. The second-order valence-corrected chi connectivity index (χ2v) is 8.68. The molecule has 1 unspecified atom stereocenters. The van der Waals surface area contributed by atoms with Crippen LogP contribution in [0.4, 0.5) is 5.69 Å². The van der Waals surface area contributed by atoms with Gasteiger partial charge in [0.1, 0.15) is 5.75 Å². The van der Waals surface area contributed by atoms with Crippen molar-refractivity contribution in [3.63, 3.8) is 0 Å². The van der Waals surface area contributed by atoms with Crippen molar-refractivity contribution in [2.24, 2.45) is 0 Å². The molecule has 0 radical (unpaired) electrons. The highest BCUT2D eigenvalue weighted by Crippen LogP contribution is 2.49. The maximum absolute atomic E-state index is 13.6. The quantitative estimate of drug-likeness (QED) is 0.575. The van der Waals surface area contributed by atoms with Gasteiger partial charge in [0.15, 0.2) is 11.5 Å². The predicted octanol–water partition coefficient (Wildman–Crippen LogP) is 4.02. The van der Waals surface area contributed by atoms with Crippen LogP contribution < -0.4 is 23.3 Å². The molecule has 0 bridgehead atoms. The Morgan fingerprint density at radius 1 is 0.774 bits per heavy atom. The average Bonchev–Trinajstić information content (AvgIpc) is 3.05. The molecule has 8 heteroatoms. The summed E-state index contributed by atoms with van der Waals surface area (Å²) in [6.07, 6.45) is 0. The van der Waals surface area contributed by atoms with Gasteiger partial charge in [-0.15, -0.1) is 0 Å². The highest BCUT2D eigenvalue weighted by atomic mass is 32.2. The molecule has 162 valence electrons. The third-order valence-corrected chi connectivity index (χ3v) is 7.18. The van der Waals surface area contributed by atoms with Gasteiger partial charge < -0.3 is 18.9 Å². The van der Waals surface area contributed by atoms with E-state index in [1.807, 2.05) is 12.1 Å². The molecule has 0 spiro atoms. The summed E-state index contributed by atoms with van der Waals surface area (Å²) in [6, 6.07) is 16.9. The monoisotopic (exact) mass is 441 g/mol. The standard InChI is InChI=1S/C23H23NO6S/c1-27-17-11-9-16(10-12-17)24-22(18-7-5-6-8-21(18)31(24,25)26)15-13-19(28-2)23(30-4)20(14-15)29-3/h5-14,22H,1-4H3. The number of fused-ring (bicyclic) bond motifs is 1. The van der Waals surface area contributed by atoms with Crippen LogP contribution in [0.3, 0.4) is 0 Å². The minimum absolute atomic E-state index is 0.268. The molecule has 3 aromatic rings. The molecule has 0 fully saturated rings. The third-order valence-electron chi connectivity index (χ3n) is 5.31. The topological polar surface area (TPSA) is 74.3 Å². The zero-order valence-corrected chi connectivity index (χ0v) is 18.5. The molecule has 31 heavy (non-hydrogen) atoms. The summed E-state index contributed by atoms with van der Waals surface area (Å²) >= 11 is 0. The number of ether oxygens (including phenoxy) is 4. The number of anilines is 1. The van der Waals surface area contributed by atoms with Crippen molar-refractivity contribution >= 4 is 15.7 Å². The summed E-state index contributed by atoms with van der Waals surface area (Å²) in [5, 5.41) is 0. The first-order valence-corrected chi connectivity index (χ1v) is 11.0. The Labute approximate surface area is 181 Å². The molecule has 3 aromatic carbocycles. The van der Waals surface area contributed by atoms with Crippen LogP contribution in [0.25, 0.3) is 0 Å². The van der Waals surface area contributed by atoms with E-state index in [4.69, 9.17) is 18.9 Å². The van der Waals surface area contributed by atoms with Gasteiger partial charge in [-0.25, -0.2) is 8.42 Å². The van der Waals surface area contributed by atoms with Crippen LogP contribution in [0.2, 0.25) is 0 Å². The zero-order valence-electron chi connectivity index (χ0n) is 17.7. The lowest BCUT2D eigenvalue weighted by atomic mass is 9.97. The van der Waals surface area contributed by atoms with Crippen LogP contribution in [0.15, 0.2) is 65.6 Å². The van der Waals surface area contributed by atoms with Gasteiger partial charge in [0.25, 0.3) is 10.0 Å². The van der Waals surface area contributed by atoms with Crippen LogP contribution in [-0.2, 0) is 10.0 Å². The summed E-state index contributed by atoms with van der Waals surface area (Å²) < 4.78 is 50.2. The molecule has 0 N–H and O–H groups in total. The van der Waals surface area contributed by atoms with Crippen LogP contribution >= 0.6 is 0 Å². The van der Waals surface area contributed by atoms with Crippen molar-refractivity contribution < 1.29 is 27.4 Å². The minimum Gasteiger partial charge on any atom is -0.497 e. The summed E-state index contributed by atoms with van der Waals surface area (Å²) in [4.78, 5) is 0.268. The highest BCUT2D eigenvalue weighted by molar-refractivity contribution is 7.93. The SMILES string of the molecule is COc1ccc(N2C(c3cc(OC)c(OC)c(OC)c3)c3ccccc3S2(=O)=O)cc1. The van der Waals surface area contributed by atoms with Gasteiger partial charge in [-0.1, -0.05) is 18.2 Å². The molecule has 0 saturated carbocycles. The van der Waals surface area contributed by atoms with E-state index in [9.17, 15) is 8.42 Å². The summed E-state index contributed by atoms with van der Waals surface area (Å²) in [6.45, 7) is 0. The molecule has 0 aliphatic carbocycles. The van der Waals surface area contributed by atoms with E-state index in [0.717, 1.165) is 0 Å². The summed E-state index contributed by atoms with van der Waals surface area (Å²) in [5.41, 5.74) is 1.89. The third kappa shape index (κ3) is 3.33. The summed E-state index contributed by atoms with van der Waals surface area (Å²) in [5.74, 6) is 1.99. The zero-order chi connectivity index (χ0) is 22.2. The van der Waals surface area contributed by atoms with Crippen molar-refractivity contribution in [2.75, 3.05) is 32.7 Å². The van der Waals surface area contributed by atoms with Crippen molar-refractivity contribution in [1.82, 2.24) is 0 Å². The normalized spacial score (nSPS) is 16.5. The van der Waals surface area contributed by atoms with Crippen LogP contribution in [-0.4, -0.2) is 36.9 Å². The van der Waals surface area contributed by atoms with Gasteiger partial charge in [-0.2, -0.15) is 0 Å². The van der Waals surface area contributed by atoms with Gasteiger partial charge in [-0.05, 0) is 48.0 Å².